The van der Waals surface area contributed by atoms with Crippen molar-refractivity contribution in [3.05, 3.63) is 36.8 Å². The maximum Gasteiger partial charge on any atom is 0.161 e. The molecule has 0 unspecified atom stereocenters. The van der Waals surface area contributed by atoms with Gasteiger partial charge in [0.15, 0.2) is 5.65 Å². The fourth-order valence-corrected chi connectivity index (χ4v) is 0.960. The van der Waals surface area contributed by atoms with Crippen molar-refractivity contribution in [2.24, 2.45) is 0 Å². The van der Waals surface area contributed by atoms with Gasteiger partial charge >= 0.3 is 0 Å². The quantitative estimate of drug-likeness (QED) is 0.606. The van der Waals surface area contributed by atoms with Gasteiger partial charge in [-0.3, -0.25) is 4.40 Å². The average molecular weight is 145 g/mol. The summed E-state index contributed by atoms with van der Waals surface area (Å²) in [4.78, 5) is 0. The number of nitrogens with zero attached hydrogens (tertiary/aromatic N) is 3. The number of hydrogen-bond acceptors (Lipinski definition) is 2. The Morgan fingerprint density at radius 3 is 3.27 bits per heavy atom. The number of pyridine rings is 1. The highest BCUT2D eigenvalue weighted by Crippen LogP contribution is 2.04. The molecule has 11 heavy (non-hydrogen) atoms. The Labute approximate surface area is 64.0 Å². The molecule has 2 aromatic heterocycles. The van der Waals surface area contributed by atoms with Crippen LogP contribution in [0.1, 0.15) is 5.56 Å². The first-order chi connectivity index (χ1) is 5.40. The molecule has 0 aromatic carbocycles. The van der Waals surface area contributed by atoms with Crippen LogP contribution in [0, 0.1) is 0 Å². The van der Waals surface area contributed by atoms with Crippen LogP contribution in [-0.2, 0) is 0 Å². The van der Waals surface area contributed by atoms with Crippen molar-refractivity contribution in [3.63, 3.8) is 0 Å². The summed E-state index contributed by atoms with van der Waals surface area (Å²) >= 11 is 0. The van der Waals surface area contributed by atoms with Crippen molar-refractivity contribution in [1.29, 1.82) is 0 Å². The van der Waals surface area contributed by atoms with E-state index in [1.807, 2.05) is 22.7 Å². The van der Waals surface area contributed by atoms with E-state index in [0.29, 0.717) is 0 Å². The van der Waals surface area contributed by atoms with E-state index < -0.39 is 0 Å². The summed E-state index contributed by atoms with van der Waals surface area (Å²) in [6.07, 6.45) is 5.36. The van der Waals surface area contributed by atoms with Crippen molar-refractivity contribution < 1.29 is 0 Å². The molecule has 0 radical (unpaired) electrons. The van der Waals surface area contributed by atoms with Crippen molar-refractivity contribution in [1.82, 2.24) is 14.6 Å². The topological polar surface area (TPSA) is 30.2 Å². The molecule has 2 heterocycles. The van der Waals surface area contributed by atoms with E-state index in [1.54, 1.807) is 12.4 Å². The SMILES string of the molecule is C=Cc1ccn2cnnc2c1. The second-order valence-electron chi connectivity index (χ2n) is 2.26. The predicted octanol–water partition coefficient (Wildman–Crippen LogP) is 1.37. The van der Waals surface area contributed by atoms with E-state index in [1.165, 1.54) is 0 Å². The largest absolute Gasteiger partial charge is 0.289 e. The normalized spacial score (nSPS) is 10.2. The Balaban J connectivity index is 2.76. The monoisotopic (exact) mass is 145 g/mol. The smallest absolute Gasteiger partial charge is 0.161 e. The molecule has 0 atom stereocenters. The standard InChI is InChI=1S/C8H7N3/c1-2-7-3-4-11-6-9-10-8(11)5-7/h2-6H,1H2. The van der Waals surface area contributed by atoms with Crippen molar-refractivity contribution in [2.45, 2.75) is 0 Å². The lowest BCUT2D eigenvalue weighted by Crippen LogP contribution is -1.82. The van der Waals surface area contributed by atoms with Crippen LogP contribution in [0.15, 0.2) is 31.2 Å². The molecule has 0 saturated heterocycles. The second kappa shape index (κ2) is 2.20. The zero-order valence-electron chi connectivity index (χ0n) is 5.94. The first-order valence-corrected chi connectivity index (χ1v) is 3.32. The molecular weight excluding hydrogens is 138 g/mol. The van der Waals surface area contributed by atoms with Gasteiger partial charge in [-0.2, -0.15) is 0 Å². The van der Waals surface area contributed by atoms with Crippen molar-refractivity contribution in [2.75, 3.05) is 0 Å². The third kappa shape index (κ3) is 0.902. The Morgan fingerprint density at radius 1 is 1.55 bits per heavy atom. The minimum absolute atomic E-state index is 0.849. The molecule has 0 aliphatic heterocycles. The average Bonchev–Trinajstić information content (AvgIpc) is 2.50. The van der Waals surface area contributed by atoms with Crippen LogP contribution in [0.5, 0.6) is 0 Å². The molecule has 0 spiro atoms. The Morgan fingerprint density at radius 2 is 2.45 bits per heavy atom. The van der Waals surface area contributed by atoms with Gasteiger partial charge in [0, 0.05) is 6.20 Å². The zero-order chi connectivity index (χ0) is 7.68. The maximum atomic E-state index is 3.89. The maximum absolute atomic E-state index is 3.89. The van der Waals surface area contributed by atoms with Gasteiger partial charge in [-0.25, -0.2) is 0 Å². The van der Waals surface area contributed by atoms with Crippen LogP contribution < -0.4 is 0 Å². The molecule has 0 bridgehead atoms. The van der Waals surface area contributed by atoms with E-state index in [4.69, 9.17) is 0 Å². The molecule has 2 aromatic rings. The summed E-state index contributed by atoms with van der Waals surface area (Å²) in [6, 6.07) is 3.89. The van der Waals surface area contributed by atoms with Crippen LogP contribution in [0.3, 0.4) is 0 Å². The summed E-state index contributed by atoms with van der Waals surface area (Å²) in [6.45, 7) is 3.66. The second-order valence-corrected chi connectivity index (χ2v) is 2.26. The Bertz CT molecular complexity index is 389. The highest BCUT2D eigenvalue weighted by molar-refractivity contribution is 5.53. The predicted molar refractivity (Wildman–Crippen MR) is 43.1 cm³/mol. The molecule has 0 fully saturated rings. The van der Waals surface area contributed by atoms with Crippen LogP contribution >= 0.6 is 0 Å². The van der Waals surface area contributed by atoms with Crippen LogP contribution in [0.2, 0.25) is 0 Å². The summed E-state index contributed by atoms with van der Waals surface area (Å²) in [5, 5.41) is 7.65. The van der Waals surface area contributed by atoms with Gasteiger partial charge < -0.3 is 0 Å². The van der Waals surface area contributed by atoms with E-state index >= 15 is 0 Å². The van der Waals surface area contributed by atoms with Gasteiger partial charge in [-0.1, -0.05) is 12.7 Å². The molecule has 3 heteroatoms. The fourth-order valence-electron chi connectivity index (χ4n) is 0.960. The first kappa shape index (κ1) is 6.09. The van der Waals surface area contributed by atoms with Gasteiger partial charge in [0.25, 0.3) is 0 Å². The van der Waals surface area contributed by atoms with Crippen LogP contribution in [0.4, 0.5) is 0 Å². The molecule has 0 aliphatic rings. The summed E-state index contributed by atoms with van der Waals surface area (Å²) in [7, 11) is 0. The van der Waals surface area contributed by atoms with Crippen LogP contribution in [0.25, 0.3) is 11.7 Å². The lowest BCUT2D eigenvalue weighted by atomic mass is 10.3. The van der Waals surface area contributed by atoms with Gasteiger partial charge in [-0.15, -0.1) is 10.2 Å². The minimum atomic E-state index is 0.849. The number of hydrogen-bond donors (Lipinski definition) is 0. The summed E-state index contributed by atoms with van der Waals surface area (Å²) in [5.74, 6) is 0. The van der Waals surface area contributed by atoms with Crippen molar-refractivity contribution in [3.8, 4) is 0 Å². The zero-order valence-corrected chi connectivity index (χ0v) is 5.94. The van der Waals surface area contributed by atoms with Crippen LogP contribution in [-0.4, -0.2) is 14.6 Å². The lowest BCUT2D eigenvalue weighted by molar-refractivity contribution is 1.10. The molecule has 54 valence electrons. The minimum Gasteiger partial charge on any atom is -0.289 e. The third-order valence-electron chi connectivity index (χ3n) is 1.56. The molecule has 3 nitrogen and oxygen atoms in total. The molecule has 0 N–H and O–H groups in total. The highest BCUT2D eigenvalue weighted by Gasteiger charge is 1.92. The van der Waals surface area contributed by atoms with Crippen molar-refractivity contribution >= 4 is 11.7 Å². The van der Waals surface area contributed by atoms with Gasteiger partial charge in [0.1, 0.15) is 6.33 Å². The van der Waals surface area contributed by atoms with Gasteiger partial charge in [-0.05, 0) is 17.7 Å². The Kier molecular flexibility index (Phi) is 1.22. The van der Waals surface area contributed by atoms with Gasteiger partial charge in [0.05, 0.1) is 0 Å². The summed E-state index contributed by atoms with van der Waals surface area (Å²) < 4.78 is 1.85. The number of rotatable bonds is 1. The highest BCUT2D eigenvalue weighted by atomic mass is 15.2. The van der Waals surface area contributed by atoms with E-state index in [9.17, 15) is 0 Å². The number of fused-ring (bicyclic) bond motifs is 1. The van der Waals surface area contributed by atoms with Gasteiger partial charge in [0.2, 0.25) is 0 Å². The molecule has 2 rings (SSSR count). The molecule has 0 saturated carbocycles. The third-order valence-corrected chi connectivity index (χ3v) is 1.56. The van der Waals surface area contributed by atoms with E-state index in [-0.39, 0.29) is 0 Å². The molecular formula is C8H7N3. The van der Waals surface area contributed by atoms with E-state index in [0.717, 1.165) is 11.2 Å². The Hall–Kier alpha value is -1.64. The first-order valence-electron chi connectivity index (χ1n) is 3.32. The number of aromatic nitrogens is 3. The molecule has 0 aliphatic carbocycles. The summed E-state index contributed by atoms with van der Waals surface area (Å²) in [5.41, 5.74) is 1.91. The van der Waals surface area contributed by atoms with E-state index in [2.05, 4.69) is 16.8 Å². The fraction of sp³-hybridized carbons (Fsp3) is 0. The lowest BCUT2D eigenvalue weighted by Gasteiger charge is -1.92. The molecule has 0 amide bonds.